The van der Waals surface area contributed by atoms with E-state index in [0.717, 1.165) is 29.9 Å². The first kappa shape index (κ1) is 28.5. The molecule has 0 aliphatic rings. The molecule has 0 aliphatic carbocycles. The molecule has 0 spiro atoms. The third-order valence-corrected chi connectivity index (χ3v) is 6.07. The maximum Gasteiger partial charge on any atom is 0.415 e. The quantitative estimate of drug-likeness (QED) is 0.310. The zero-order valence-corrected chi connectivity index (χ0v) is 21.1. The Labute approximate surface area is 210 Å². The number of carboxylic acid groups (broad SMARTS) is 1. The minimum atomic E-state index is -0.995. The van der Waals surface area contributed by atoms with Crippen LogP contribution in [0.25, 0.3) is 0 Å². The van der Waals surface area contributed by atoms with Gasteiger partial charge in [0, 0.05) is 31.4 Å². The van der Waals surface area contributed by atoms with Crippen LogP contribution in [-0.2, 0) is 16.0 Å². The number of carbonyl (C=O) groups excluding carboxylic acids is 1. The third-order valence-electron chi connectivity index (χ3n) is 5.02. The summed E-state index contributed by atoms with van der Waals surface area (Å²) in [7, 11) is 0. The van der Waals surface area contributed by atoms with Gasteiger partial charge in [0.2, 0.25) is 0 Å². The lowest BCUT2D eigenvalue weighted by Crippen LogP contribution is -2.38. The molecule has 0 aromatic heterocycles. The average Bonchev–Trinajstić information content (AvgIpc) is 2.83. The first-order chi connectivity index (χ1) is 16.9. The Morgan fingerprint density at radius 3 is 2.49 bits per heavy atom. The van der Waals surface area contributed by atoms with Crippen LogP contribution in [0.2, 0.25) is 0 Å². The van der Waals surface area contributed by atoms with Crippen LogP contribution < -0.4 is 9.47 Å². The van der Waals surface area contributed by atoms with Crippen LogP contribution in [0.1, 0.15) is 32.3 Å². The molecule has 0 saturated heterocycles. The lowest BCUT2D eigenvalue weighted by atomic mass is 10.1. The van der Waals surface area contributed by atoms with Gasteiger partial charge in [-0.25, -0.2) is 14.0 Å². The third kappa shape index (κ3) is 11.0. The number of hydrogen-bond donors (Lipinski definition) is 1. The summed E-state index contributed by atoms with van der Waals surface area (Å²) in [5.41, 5.74) is 0.822. The molecular weight excluding hydrogens is 473 g/mol. The van der Waals surface area contributed by atoms with Crippen molar-refractivity contribution in [2.75, 3.05) is 37.8 Å². The average molecular weight is 508 g/mol. The smallest absolute Gasteiger partial charge is 0.415 e. The maximum absolute atomic E-state index is 13.4. The number of nitrogens with zero attached hydrogens (tertiary/aromatic N) is 1. The van der Waals surface area contributed by atoms with Gasteiger partial charge in [0.15, 0.2) is 6.10 Å². The highest BCUT2D eigenvalue weighted by atomic mass is 32.2. The van der Waals surface area contributed by atoms with Crippen molar-refractivity contribution in [3.05, 3.63) is 59.9 Å². The van der Waals surface area contributed by atoms with Gasteiger partial charge in [-0.1, -0.05) is 31.5 Å². The van der Waals surface area contributed by atoms with E-state index in [4.69, 9.17) is 14.2 Å². The van der Waals surface area contributed by atoms with Crippen LogP contribution in [0.4, 0.5) is 9.18 Å². The summed E-state index contributed by atoms with van der Waals surface area (Å²) in [6, 6.07) is 12.6. The topological polar surface area (TPSA) is 85.3 Å². The summed E-state index contributed by atoms with van der Waals surface area (Å²) in [6.07, 6.45) is 1.06. The summed E-state index contributed by atoms with van der Waals surface area (Å²) in [5, 5.41) is 9.23. The molecule has 7 nitrogen and oxygen atoms in total. The van der Waals surface area contributed by atoms with E-state index >= 15 is 0 Å². The summed E-state index contributed by atoms with van der Waals surface area (Å²) in [5.74, 6) is 1.08. The van der Waals surface area contributed by atoms with E-state index in [-0.39, 0.29) is 18.8 Å². The van der Waals surface area contributed by atoms with Crippen molar-refractivity contribution in [3.8, 4) is 11.5 Å². The number of thioether (sulfide) groups is 1. The number of carbonyl (C=O) groups is 2. The molecule has 0 fully saturated rings. The molecule has 1 amide bonds. The first-order valence-corrected chi connectivity index (χ1v) is 12.9. The summed E-state index contributed by atoms with van der Waals surface area (Å²) < 4.78 is 29.8. The second kappa shape index (κ2) is 16.0. The highest BCUT2D eigenvalue weighted by molar-refractivity contribution is 7.99. The Morgan fingerprint density at radius 1 is 1.06 bits per heavy atom. The first-order valence-electron chi connectivity index (χ1n) is 11.8. The predicted octanol–water partition coefficient (Wildman–Crippen LogP) is 5.27. The fourth-order valence-electron chi connectivity index (χ4n) is 3.14. The number of benzene rings is 2. The van der Waals surface area contributed by atoms with E-state index in [1.165, 1.54) is 24.3 Å². The van der Waals surface area contributed by atoms with Crippen molar-refractivity contribution < 1.29 is 33.3 Å². The minimum Gasteiger partial charge on any atom is -0.492 e. The Bertz CT molecular complexity index is 911. The monoisotopic (exact) mass is 507 g/mol. The van der Waals surface area contributed by atoms with Gasteiger partial charge in [-0.05, 0) is 48.9 Å². The zero-order chi connectivity index (χ0) is 25.5. The number of carboxylic acids is 1. The number of rotatable bonds is 16. The van der Waals surface area contributed by atoms with E-state index in [9.17, 15) is 19.1 Å². The van der Waals surface area contributed by atoms with E-state index in [2.05, 4.69) is 6.92 Å². The number of amides is 1. The molecule has 0 radical (unpaired) electrons. The van der Waals surface area contributed by atoms with Crippen molar-refractivity contribution in [2.45, 2.75) is 39.2 Å². The minimum absolute atomic E-state index is 0.155. The van der Waals surface area contributed by atoms with Crippen molar-refractivity contribution >= 4 is 23.8 Å². The van der Waals surface area contributed by atoms with Gasteiger partial charge in [-0.15, -0.1) is 0 Å². The highest BCUT2D eigenvalue weighted by Crippen LogP contribution is 2.16. The molecule has 2 rings (SSSR count). The molecule has 0 heterocycles. The molecule has 0 aliphatic heterocycles. The Kier molecular flexibility index (Phi) is 13.0. The standard InChI is InChI=1S/C26H34FNO6S/c1-3-5-16-35-17-14-28(26(31)34-23-8-6-7-21(27)19-23)13-15-33-22-11-9-20(10-12-22)18-24(25(29)30)32-4-2/h6-12,19,24H,3-5,13-18H2,1-2H3,(H,29,30). The number of unbranched alkanes of at least 4 members (excludes halogenated alkanes) is 1. The highest BCUT2D eigenvalue weighted by Gasteiger charge is 2.18. The van der Waals surface area contributed by atoms with Crippen molar-refractivity contribution in [1.29, 1.82) is 0 Å². The SMILES string of the molecule is CCCCSCCN(CCOc1ccc(CC(OCC)C(=O)O)cc1)C(=O)Oc1cccc(F)c1. The largest absolute Gasteiger partial charge is 0.492 e. The van der Waals surface area contributed by atoms with Crippen LogP contribution >= 0.6 is 11.8 Å². The van der Waals surface area contributed by atoms with Crippen LogP contribution in [0, 0.1) is 5.82 Å². The lowest BCUT2D eigenvalue weighted by molar-refractivity contribution is -0.149. The molecule has 0 bridgehead atoms. The molecule has 1 unspecified atom stereocenters. The second-order valence-electron chi connectivity index (χ2n) is 7.76. The van der Waals surface area contributed by atoms with Crippen LogP contribution in [-0.4, -0.2) is 66.0 Å². The molecule has 2 aromatic rings. The molecule has 192 valence electrons. The van der Waals surface area contributed by atoms with Crippen LogP contribution in [0.15, 0.2) is 48.5 Å². The summed E-state index contributed by atoms with van der Waals surface area (Å²) >= 11 is 1.77. The maximum atomic E-state index is 13.4. The number of halogens is 1. The van der Waals surface area contributed by atoms with Gasteiger partial charge in [-0.3, -0.25) is 0 Å². The fraction of sp³-hybridized carbons (Fsp3) is 0.462. The van der Waals surface area contributed by atoms with Gasteiger partial charge >= 0.3 is 12.1 Å². The van der Waals surface area contributed by atoms with E-state index < -0.39 is 24.0 Å². The Balaban J connectivity index is 1.90. The van der Waals surface area contributed by atoms with Gasteiger partial charge in [0.05, 0.1) is 6.54 Å². The van der Waals surface area contributed by atoms with Gasteiger partial charge in [-0.2, -0.15) is 11.8 Å². The van der Waals surface area contributed by atoms with Gasteiger partial charge < -0.3 is 24.2 Å². The van der Waals surface area contributed by atoms with E-state index in [1.807, 2.05) is 0 Å². The van der Waals surface area contributed by atoms with Crippen molar-refractivity contribution in [3.63, 3.8) is 0 Å². The summed E-state index contributed by atoms with van der Waals surface area (Å²) in [6.45, 7) is 5.25. The Morgan fingerprint density at radius 2 is 1.83 bits per heavy atom. The molecule has 1 atom stereocenters. The normalized spacial score (nSPS) is 11.6. The molecule has 0 saturated carbocycles. The van der Waals surface area contributed by atoms with E-state index in [0.29, 0.717) is 25.4 Å². The lowest BCUT2D eigenvalue weighted by Gasteiger charge is -2.22. The molecule has 2 aromatic carbocycles. The number of hydrogen-bond acceptors (Lipinski definition) is 6. The summed E-state index contributed by atoms with van der Waals surface area (Å²) in [4.78, 5) is 25.5. The van der Waals surface area contributed by atoms with E-state index in [1.54, 1.807) is 47.9 Å². The Hall–Kier alpha value is -2.78. The van der Waals surface area contributed by atoms with Crippen LogP contribution in [0.3, 0.4) is 0 Å². The van der Waals surface area contributed by atoms with Crippen LogP contribution in [0.5, 0.6) is 11.5 Å². The van der Waals surface area contributed by atoms with Gasteiger partial charge in [0.25, 0.3) is 0 Å². The predicted molar refractivity (Wildman–Crippen MR) is 135 cm³/mol. The molecular formula is C26H34FNO6S. The fourth-order valence-corrected chi connectivity index (χ4v) is 4.19. The second-order valence-corrected chi connectivity index (χ2v) is 8.98. The molecule has 35 heavy (non-hydrogen) atoms. The molecule has 1 N–H and O–H groups in total. The zero-order valence-electron chi connectivity index (χ0n) is 20.3. The number of aliphatic carboxylic acids is 1. The molecule has 9 heteroatoms. The number of ether oxygens (including phenoxy) is 3. The van der Waals surface area contributed by atoms with Crippen molar-refractivity contribution in [1.82, 2.24) is 4.90 Å². The van der Waals surface area contributed by atoms with Gasteiger partial charge in [0.1, 0.15) is 23.9 Å². The van der Waals surface area contributed by atoms with Crippen molar-refractivity contribution in [2.24, 2.45) is 0 Å².